The summed E-state index contributed by atoms with van der Waals surface area (Å²) in [5, 5.41) is 13.0. The molecule has 0 saturated heterocycles. The van der Waals surface area contributed by atoms with Gasteiger partial charge in [0.1, 0.15) is 23.8 Å². The van der Waals surface area contributed by atoms with Gasteiger partial charge in [0.05, 0.1) is 39.6 Å². The van der Waals surface area contributed by atoms with Crippen molar-refractivity contribution in [3.63, 3.8) is 0 Å². The van der Waals surface area contributed by atoms with E-state index in [1.165, 1.54) is 4.68 Å². The van der Waals surface area contributed by atoms with Gasteiger partial charge < -0.3 is 40.2 Å². The van der Waals surface area contributed by atoms with Crippen LogP contribution in [0.1, 0.15) is 90.3 Å². The summed E-state index contributed by atoms with van der Waals surface area (Å²) in [4.78, 5) is 74.9. The molecule has 0 bridgehead atoms. The molecule has 6 N–H and O–H groups in total. The molecule has 0 fully saturated rings. The van der Waals surface area contributed by atoms with Gasteiger partial charge in [-0.15, -0.1) is 5.10 Å². The first-order valence-electron chi connectivity index (χ1n) is 20.7. The first kappa shape index (κ1) is 44.4. The Kier molecular flexibility index (Phi) is 12.5. The summed E-state index contributed by atoms with van der Waals surface area (Å²) < 4.78 is 17.9. The number of anilines is 1. The number of carbonyl (C=O) groups excluding carboxylic acids is 5. The second kappa shape index (κ2) is 18.0. The molecule has 21 heteroatoms. The standard InChI is InChI=1S/C43H51N15O6/c1-8-56-34(18-24(3)49-56)40(62)47-42-52(6)32-21-27(38(45)60)10-12-30(32)54(42)16-14-29(64-23-37(59)58-26(5)20-36(44)51-58)15-17-55-31-13-11-28(39(46)61)22-33(31)53(7)43(55)48-41(63)35-19-25(4)50-57(35)9-2/h10-13,18-22,29H,8-9,14-17,23H2,1-7H3,(H2,44,51)(H2,45,60)(H2,46,61). The van der Waals surface area contributed by atoms with Crippen LogP contribution in [0.15, 0.2) is 64.6 Å². The Morgan fingerprint density at radius 2 is 1.11 bits per heavy atom. The maximum atomic E-state index is 13.8. The normalized spacial score (nSPS) is 12.8. The molecule has 0 radical (unpaired) electrons. The fourth-order valence-electron chi connectivity index (χ4n) is 7.92. The van der Waals surface area contributed by atoms with Crippen molar-refractivity contribution in [1.82, 2.24) is 47.6 Å². The topological polar surface area (TPSA) is 271 Å². The van der Waals surface area contributed by atoms with Crippen LogP contribution in [0.2, 0.25) is 0 Å². The molecule has 0 atom stereocenters. The fraction of sp³-hybridized carbons (Fsp3) is 0.349. The van der Waals surface area contributed by atoms with Gasteiger partial charge in [0.2, 0.25) is 23.1 Å². The molecule has 7 aromatic rings. The number of nitrogens with zero attached hydrogens (tertiary/aromatic N) is 12. The van der Waals surface area contributed by atoms with Crippen LogP contribution < -0.4 is 28.4 Å². The van der Waals surface area contributed by atoms with E-state index in [9.17, 15) is 24.0 Å². The number of hydrogen-bond acceptors (Lipinski definition) is 10. The first-order chi connectivity index (χ1) is 30.5. The Morgan fingerprint density at radius 3 is 1.50 bits per heavy atom. The number of aryl methyl sites for hydroxylation is 9. The van der Waals surface area contributed by atoms with Gasteiger partial charge in [0.25, 0.3) is 17.7 Å². The predicted molar refractivity (Wildman–Crippen MR) is 235 cm³/mol. The number of benzene rings is 2. The van der Waals surface area contributed by atoms with Gasteiger partial charge in [0, 0.05) is 63.2 Å². The van der Waals surface area contributed by atoms with Gasteiger partial charge in [-0.1, -0.05) is 0 Å². The van der Waals surface area contributed by atoms with E-state index < -0.39 is 35.6 Å². The molecule has 0 spiro atoms. The van der Waals surface area contributed by atoms with Crippen LogP contribution >= 0.6 is 0 Å². The Labute approximate surface area is 366 Å². The Morgan fingerprint density at radius 1 is 0.656 bits per heavy atom. The van der Waals surface area contributed by atoms with Crippen LogP contribution in [0.4, 0.5) is 5.82 Å². The number of amides is 4. The summed E-state index contributed by atoms with van der Waals surface area (Å²) in [5.74, 6) is -2.52. The van der Waals surface area contributed by atoms with E-state index in [2.05, 4.69) is 25.3 Å². The number of imidazole rings is 2. The lowest BCUT2D eigenvalue weighted by Crippen LogP contribution is -2.31. The zero-order valence-electron chi connectivity index (χ0n) is 36.8. The SMILES string of the molecule is CCn1nc(C)cc1C(=O)N=c1n(C)c2cc(C(N)=O)ccc2n1CCC(CCn1c(=NC(=O)c2cc(C)nn2CC)n(C)c2cc(C(N)=O)ccc21)OCC(=O)n1nc(N)cc1C. The van der Waals surface area contributed by atoms with E-state index in [1.54, 1.807) is 108 Å². The molecule has 0 aliphatic carbocycles. The average molecular weight is 874 g/mol. The highest BCUT2D eigenvalue weighted by Crippen LogP contribution is 2.20. The molecule has 5 aromatic heterocycles. The summed E-state index contributed by atoms with van der Waals surface area (Å²) in [6, 6.07) is 14.9. The molecule has 0 aliphatic rings. The minimum Gasteiger partial charge on any atom is -0.382 e. The number of hydrogen-bond donors (Lipinski definition) is 3. The van der Waals surface area contributed by atoms with Crippen LogP contribution in [0.3, 0.4) is 0 Å². The molecule has 0 unspecified atom stereocenters. The van der Waals surface area contributed by atoms with E-state index in [1.807, 2.05) is 23.0 Å². The summed E-state index contributed by atoms with van der Waals surface area (Å²) in [7, 11) is 3.48. The third-order valence-electron chi connectivity index (χ3n) is 11.1. The van der Waals surface area contributed by atoms with Gasteiger partial charge in [0.15, 0.2) is 0 Å². The van der Waals surface area contributed by atoms with Gasteiger partial charge in [-0.3, -0.25) is 33.3 Å². The second-order valence-electron chi connectivity index (χ2n) is 15.5. The highest BCUT2D eigenvalue weighted by molar-refractivity contribution is 5.98. The van der Waals surface area contributed by atoms with Crippen LogP contribution in [-0.4, -0.2) is 89.9 Å². The number of nitrogen functional groups attached to an aromatic ring is 1. The van der Waals surface area contributed by atoms with Crippen LogP contribution in [0.5, 0.6) is 0 Å². The van der Waals surface area contributed by atoms with E-state index in [4.69, 9.17) is 21.9 Å². The van der Waals surface area contributed by atoms with Gasteiger partial charge in [-0.05, 0) is 96.0 Å². The number of fused-ring (bicyclic) bond motifs is 2. The van der Waals surface area contributed by atoms with Crippen molar-refractivity contribution in [3.05, 3.63) is 105 Å². The highest BCUT2D eigenvalue weighted by Gasteiger charge is 2.22. The Balaban J connectivity index is 1.30. The number of rotatable bonds is 15. The molecule has 21 nitrogen and oxygen atoms in total. The summed E-state index contributed by atoms with van der Waals surface area (Å²) in [5.41, 5.74) is 23.4. The third-order valence-corrected chi connectivity index (χ3v) is 11.1. The molecule has 64 heavy (non-hydrogen) atoms. The second-order valence-corrected chi connectivity index (χ2v) is 15.5. The highest BCUT2D eigenvalue weighted by atomic mass is 16.5. The maximum Gasteiger partial charge on any atom is 0.298 e. The van der Waals surface area contributed by atoms with Gasteiger partial charge in [-0.2, -0.15) is 20.2 Å². The Bertz CT molecular complexity index is 2970. The maximum absolute atomic E-state index is 13.8. The number of nitrogens with two attached hydrogens (primary N) is 3. The van der Waals surface area contributed by atoms with Gasteiger partial charge in [-0.25, -0.2) is 4.68 Å². The first-order valence-corrected chi connectivity index (χ1v) is 20.7. The van der Waals surface area contributed by atoms with Crippen molar-refractivity contribution in [2.45, 2.75) is 79.7 Å². The average Bonchev–Trinajstić information content (AvgIpc) is 4.06. The number of primary amides is 2. The molecular weight excluding hydrogens is 823 g/mol. The van der Waals surface area contributed by atoms with Crippen LogP contribution in [-0.2, 0) is 45.0 Å². The fourth-order valence-corrected chi connectivity index (χ4v) is 7.92. The van der Waals surface area contributed by atoms with Crippen LogP contribution in [0.25, 0.3) is 22.1 Å². The molecule has 7 rings (SSSR count). The Hall–Kier alpha value is -7.68. The number of carbonyl (C=O) groups is 5. The lowest BCUT2D eigenvalue weighted by atomic mass is 10.1. The van der Waals surface area contributed by atoms with E-state index in [0.717, 1.165) is 0 Å². The number of aromatic nitrogens is 10. The minimum absolute atomic E-state index is 0.187. The minimum atomic E-state index is -0.641. The van der Waals surface area contributed by atoms with E-state index >= 15 is 0 Å². The molecule has 2 aromatic carbocycles. The van der Waals surface area contributed by atoms with Gasteiger partial charge >= 0.3 is 0 Å². The lowest BCUT2D eigenvalue weighted by Gasteiger charge is -2.19. The zero-order valence-corrected chi connectivity index (χ0v) is 36.8. The van der Waals surface area contributed by atoms with Crippen molar-refractivity contribution < 1.29 is 28.7 Å². The molecule has 0 aliphatic heterocycles. The van der Waals surface area contributed by atoms with Crippen molar-refractivity contribution >= 4 is 57.4 Å². The lowest BCUT2D eigenvalue weighted by molar-refractivity contribution is 0.0275. The number of ether oxygens (including phenoxy) is 1. The van der Waals surface area contributed by atoms with E-state index in [0.29, 0.717) is 63.6 Å². The molecular formula is C43H51N15O6. The van der Waals surface area contributed by atoms with Crippen LogP contribution in [0, 0.1) is 20.8 Å². The van der Waals surface area contributed by atoms with E-state index in [-0.39, 0.29) is 60.7 Å². The third kappa shape index (κ3) is 8.69. The quantitative estimate of drug-likeness (QED) is 0.135. The molecule has 5 heterocycles. The smallest absolute Gasteiger partial charge is 0.298 e. The van der Waals surface area contributed by atoms with Crippen molar-refractivity contribution in [1.29, 1.82) is 0 Å². The zero-order chi connectivity index (χ0) is 46.1. The van der Waals surface area contributed by atoms with Crippen molar-refractivity contribution in [2.24, 2.45) is 35.5 Å². The molecule has 334 valence electrons. The summed E-state index contributed by atoms with van der Waals surface area (Å²) in [6.45, 7) is 10.1. The largest absolute Gasteiger partial charge is 0.382 e. The predicted octanol–water partition coefficient (Wildman–Crippen LogP) is 2.30. The summed E-state index contributed by atoms with van der Waals surface area (Å²) >= 11 is 0. The summed E-state index contributed by atoms with van der Waals surface area (Å²) in [6.07, 6.45) is -0.0672. The van der Waals surface area contributed by atoms with Crippen molar-refractivity contribution in [2.75, 3.05) is 12.3 Å². The molecule has 0 saturated carbocycles. The monoisotopic (exact) mass is 873 g/mol. The van der Waals surface area contributed by atoms with Crippen molar-refractivity contribution in [3.8, 4) is 0 Å². The molecule has 4 amide bonds.